The Morgan fingerprint density at radius 1 is 1.62 bits per heavy atom. The number of hydrogen-bond acceptors (Lipinski definition) is 3. The van der Waals surface area contributed by atoms with Gasteiger partial charge in [0, 0.05) is 6.54 Å². The van der Waals surface area contributed by atoms with Gasteiger partial charge in [-0.2, -0.15) is 0 Å². The summed E-state index contributed by atoms with van der Waals surface area (Å²) >= 11 is 0. The van der Waals surface area contributed by atoms with E-state index in [1.54, 1.807) is 0 Å². The standard InChI is InChI=1S/C8H15F2NO2/c9-3-6(12)5-13-8-1-2-11-4-7(8)10/h6-8,11-12H,1-5H2. The molecule has 0 radical (unpaired) electrons. The second kappa shape index (κ2) is 5.47. The summed E-state index contributed by atoms with van der Waals surface area (Å²) < 4.78 is 29.9. The molecule has 0 bridgehead atoms. The molecule has 1 rings (SSSR count). The highest BCUT2D eigenvalue weighted by molar-refractivity contribution is 4.78. The van der Waals surface area contributed by atoms with Gasteiger partial charge in [-0.1, -0.05) is 0 Å². The number of hydrogen-bond donors (Lipinski definition) is 2. The molecule has 0 saturated carbocycles. The summed E-state index contributed by atoms with van der Waals surface area (Å²) in [4.78, 5) is 0. The van der Waals surface area contributed by atoms with Crippen molar-refractivity contribution in [2.75, 3.05) is 26.4 Å². The highest BCUT2D eigenvalue weighted by atomic mass is 19.1. The molecule has 0 aromatic carbocycles. The molecular formula is C8H15F2NO2. The van der Waals surface area contributed by atoms with Crippen LogP contribution in [-0.4, -0.2) is 49.9 Å². The molecule has 0 aliphatic carbocycles. The minimum absolute atomic E-state index is 0.123. The zero-order chi connectivity index (χ0) is 9.68. The molecule has 3 nitrogen and oxygen atoms in total. The molecule has 5 heteroatoms. The van der Waals surface area contributed by atoms with E-state index in [1.807, 2.05) is 0 Å². The molecule has 0 amide bonds. The van der Waals surface area contributed by atoms with Gasteiger partial charge in [-0.15, -0.1) is 0 Å². The second-order valence-electron chi connectivity index (χ2n) is 3.19. The van der Waals surface area contributed by atoms with E-state index in [-0.39, 0.29) is 13.2 Å². The Morgan fingerprint density at radius 2 is 2.38 bits per heavy atom. The van der Waals surface area contributed by atoms with Gasteiger partial charge in [-0.25, -0.2) is 8.78 Å². The molecule has 13 heavy (non-hydrogen) atoms. The molecule has 1 saturated heterocycles. The van der Waals surface area contributed by atoms with E-state index in [4.69, 9.17) is 9.84 Å². The topological polar surface area (TPSA) is 41.5 Å². The van der Waals surface area contributed by atoms with Crippen molar-refractivity contribution in [3.63, 3.8) is 0 Å². The Bertz CT molecular complexity index is 148. The Labute approximate surface area is 76.1 Å². The van der Waals surface area contributed by atoms with Crippen molar-refractivity contribution in [2.24, 2.45) is 0 Å². The summed E-state index contributed by atoms with van der Waals surface area (Å²) in [6.45, 7) is 0.0106. The summed E-state index contributed by atoms with van der Waals surface area (Å²) in [5.41, 5.74) is 0. The van der Waals surface area contributed by atoms with Crippen LogP contribution in [-0.2, 0) is 4.74 Å². The number of alkyl halides is 2. The number of nitrogens with one attached hydrogen (secondary N) is 1. The fourth-order valence-corrected chi connectivity index (χ4v) is 1.26. The van der Waals surface area contributed by atoms with Crippen LogP contribution in [0.25, 0.3) is 0 Å². The zero-order valence-corrected chi connectivity index (χ0v) is 7.38. The maximum atomic E-state index is 13.0. The van der Waals surface area contributed by atoms with Crippen LogP contribution in [0, 0.1) is 0 Å². The van der Waals surface area contributed by atoms with Crippen molar-refractivity contribution >= 4 is 0 Å². The van der Waals surface area contributed by atoms with Crippen LogP contribution in [0.3, 0.4) is 0 Å². The van der Waals surface area contributed by atoms with E-state index in [0.29, 0.717) is 13.0 Å². The van der Waals surface area contributed by atoms with E-state index in [2.05, 4.69) is 5.32 Å². The molecule has 0 aromatic rings. The normalized spacial score (nSPS) is 31.6. The Balaban J connectivity index is 2.18. The highest BCUT2D eigenvalue weighted by Crippen LogP contribution is 2.11. The summed E-state index contributed by atoms with van der Waals surface area (Å²) in [6.07, 6.45) is -2.11. The van der Waals surface area contributed by atoms with Crippen molar-refractivity contribution in [1.29, 1.82) is 0 Å². The molecule has 1 fully saturated rings. The van der Waals surface area contributed by atoms with Crippen LogP contribution >= 0.6 is 0 Å². The molecule has 0 aromatic heterocycles. The van der Waals surface area contributed by atoms with Gasteiger partial charge in [0.2, 0.25) is 0 Å². The molecular weight excluding hydrogens is 180 g/mol. The van der Waals surface area contributed by atoms with Gasteiger partial charge in [0.05, 0.1) is 12.7 Å². The van der Waals surface area contributed by atoms with Crippen LogP contribution in [0.15, 0.2) is 0 Å². The largest absolute Gasteiger partial charge is 0.388 e. The fraction of sp³-hybridized carbons (Fsp3) is 1.00. The van der Waals surface area contributed by atoms with E-state index in [1.165, 1.54) is 0 Å². The van der Waals surface area contributed by atoms with Crippen molar-refractivity contribution < 1.29 is 18.6 Å². The minimum Gasteiger partial charge on any atom is -0.388 e. The molecule has 3 atom stereocenters. The lowest BCUT2D eigenvalue weighted by Crippen LogP contribution is -2.43. The molecule has 0 spiro atoms. The highest BCUT2D eigenvalue weighted by Gasteiger charge is 2.25. The molecule has 1 aliphatic heterocycles. The molecule has 3 unspecified atom stereocenters. The first-order valence-electron chi connectivity index (χ1n) is 4.44. The van der Waals surface area contributed by atoms with Crippen molar-refractivity contribution in [1.82, 2.24) is 5.32 Å². The third-order valence-electron chi connectivity index (χ3n) is 2.03. The van der Waals surface area contributed by atoms with E-state index >= 15 is 0 Å². The predicted octanol–water partition coefficient (Wildman–Crippen LogP) is 0.0334. The first-order valence-corrected chi connectivity index (χ1v) is 4.44. The number of aliphatic hydroxyl groups is 1. The van der Waals surface area contributed by atoms with Gasteiger partial charge >= 0.3 is 0 Å². The smallest absolute Gasteiger partial charge is 0.139 e. The van der Waals surface area contributed by atoms with Gasteiger partial charge < -0.3 is 15.2 Å². The van der Waals surface area contributed by atoms with Gasteiger partial charge in [-0.3, -0.25) is 0 Å². The first kappa shape index (κ1) is 10.8. The van der Waals surface area contributed by atoms with Crippen LogP contribution in [0.4, 0.5) is 8.78 Å². The number of piperidine rings is 1. The Hall–Kier alpha value is -0.260. The molecule has 1 aliphatic rings. The molecule has 1 heterocycles. The third kappa shape index (κ3) is 3.54. The van der Waals surface area contributed by atoms with E-state index in [9.17, 15) is 8.78 Å². The lowest BCUT2D eigenvalue weighted by atomic mass is 10.1. The van der Waals surface area contributed by atoms with E-state index in [0.717, 1.165) is 0 Å². The molecule has 78 valence electrons. The monoisotopic (exact) mass is 195 g/mol. The van der Waals surface area contributed by atoms with Crippen LogP contribution in [0.5, 0.6) is 0 Å². The summed E-state index contributed by atoms with van der Waals surface area (Å²) in [6, 6.07) is 0. The van der Waals surface area contributed by atoms with Crippen molar-refractivity contribution in [3.05, 3.63) is 0 Å². The summed E-state index contributed by atoms with van der Waals surface area (Å²) in [5, 5.41) is 11.7. The second-order valence-corrected chi connectivity index (χ2v) is 3.19. The van der Waals surface area contributed by atoms with Crippen LogP contribution in [0.2, 0.25) is 0 Å². The Morgan fingerprint density at radius 3 is 3.00 bits per heavy atom. The number of halogens is 2. The minimum atomic E-state index is -1.12. The average Bonchev–Trinajstić information content (AvgIpc) is 2.16. The zero-order valence-electron chi connectivity index (χ0n) is 7.38. The quantitative estimate of drug-likeness (QED) is 0.665. The number of rotatable bonds is 4. The van der Waals surface area contributed by atoms with Gasteiger partial charge in [-0.05, 0) is 13.0 Å². The first-order chi connectivity index (χ1) is 6.24. The predicted molar refractivity (Wildman–Crippen MR) is 44.1 cm³/mol. The van der Waals surface area contributed by atoms with Crippen molar-refractivity contribution in [3.8, 4) is 0 Å². The summed E-state index contributed by atoms with van der Waals surface area (Å²) in [5.74, 6) is 0. The van der Waals surface area contributed by atoms with Crippen LogP contribution in [0.1, 0.15) is 6.42 Å². The average molecular weight is 195 g/mol. The lowest BCUT2D eigenvalue weighted by molar-refractivity contribution is -0.0576. The lowest BCUT2D eigenvalue weighted by Gasteiger charge is -2.27. The number of aliphatic hydroxyl groups excluding tert-OH is 1. The fourth-order valence-electron chi connectivity index (χ4n) is 1.26. The SMILES string of the molecule is OC(CF)COC1CCNCC1F. The van der Waals surface area contributed by atoms with Gasteiger partial charge in [0.1, 0.15) is 19.0 Å². The maximum Gasteiger partial charge on any atom is 0.139 e. The maximum absolute atomic E-state index is 13.0. The van der Waals surface area contributed by atoms with Gasteiger partial charge in [0.25, 0.3) is 0 Å². The van der Waals surface area contributed by atoms with Gasteiger partial charge in [0.15, 0.2) is 0 Å². The summed E-state index contributed by atoms with van der Waals surface area (Å²) in [7, 11) is 0. The third-order valence-corrected chi connectivity index (χ3v) is 2.03. The number of ether oxygens (including phenoxy) is 1. The van der Waals surface area contributed by atoms with Crippen LogP contribution < -0.4 is 5.32 Å². The molecule has 2 N–H and O–H groups in total. The Kier molecular flexibility index (Phi) is 4.55. The van der Waals surface area contributed by atoms with E-state index < -0.39 is 25.1 Å². The van der Waals surface area contributed by atoms with Crippen molar-refractivity contribution in [2.45, 2.75) is 24.8 Å².